The third-order valence-electron chi connectivity index (χ3n) is 2.81. The predicted octanol–water partition coefficient (Wildman–Crippen LogP) is 2.83. The van der Waals surface area contributed by atoms with Crippen LogP contribution >= 0.6 is 0 Å². The van der Waals surface area contributed by atoms with Gasteiger partial charge in [0.05, 0.1) is 11.6 Å². The largest absolute Gasteiger partial charge is 0.362 e. The third-order valence-corrected chi connectivity index (χ3v) is 2.81. The van der Waals surface area contributed by atoms with Crippen molar-refractivity contribution in [3.05, 3.63) is 53.5 Å². The molecule has 4 heteroatoms. The van der Waals surface area contributed by atoms with Crippen LogP contribution in [0, 0.1) is 18.3 Å². The minimum absolute atomic E-state index is 0.0556. The van der Waals surface area contributed by atoms with Gasteiger partial charge in [0.2, 0.25) is 0 Å². The molecule has 0 aliphatic carbocycles. The zero-order valence-electron chi connectivity index (χ0n) is 10.4. The number of pyridine rings is 2. The number of anilines is 1. The molecule has 2 rings (SSSR count). The summed E-state index contributed by atoms with van der Waals surface area (Å²) >= 11 is 0. The van der Waals surface area contributed by atoms with Gasteiger partial charge in [-0.15, -0.1) is 0 Å². The first-order valence-corrected chi connectivity index (χ1v) is 5.74. The lowest BCUT2D eigenvalue weighted by molar-refractivity contribution is 0.864. The molecule has 0 amide bonds. The summed E-state index contributed by atoms with van der Waals surface area (Å²) in [5.74, 6) is 0.619. The van der Waals surface area contributed by atoms with E-state index in [2.05, 4.69) is 21.4 Å². The first-order chi connectivity index (χ1) is 8.72. The zero-order valence-corrected chi connectivity index (χ0v) is 10.4. The Balaban J connectivity index is 2.25. The molecule has 0 fully saturated rings. The fourth-order valence-corrected chi connectivity index (χ4v) is 1.73. The first kappa shape index (κ1) is 12.1. The van der Waals surface area contributed by atoms with Crippen LogP contribution in [-0.4, -0.2) is 9.97 Å². The van der Waals surface area contributed by atoms with E-state index in [-0.39, 0.29) is 6.04 Å². The van der Waals surface area contributed by atoms with Gasteiger partial charge in [0, 0.05) is 18.6 Å². The van der Waals surface area contributed by atoms with Crippen LogP contribution in [0.4, 0.5) is 5.82 Å². The van der Waals surface area contributed by atoms with E-state index in [0.29, 0.717) is 11.4 Å². The van der Waals surface area contributed by atoms with Crippen LogP contribution in [0.15, 0.2) is 36.8 Å². The molecule has 0 saturated heterocycles. The van der Waals surface area contributed by atoms with Gasteiger partial charge >= 0.3 is 0 Å². The van der Waals surface area contributed by atoms with Crippen LogP contribution in [0.3, 0.4) is 0 Å². The molecule has 0 aliphatic rings. The van der Waals surface area contributed by atoms with E-state index >= 15 is 0 Å². The molecule has 1 unspecified atom stereocenters. The van der Waals surface area contributed by atoms with Crippen LogP contribution in [0.5, 0.6) is 0 Å². The topological polar surface area (TPSA) is 61.6 Å². The first-order valence-electron chi connectivity index (χ1n) is 5.74. The van der Waals surface area contributed by atoms with Gasteiger partial charge in [0.25, 0.3) is 0 Å². The number of nitrogens with zero attached hydrogens (tertiary/aromatic N) is 3. The lowest BCUT2D eigenvalue weighted by atomic mass is 10.1. The molecule has 4 nitrogen and oxygen atoms in total. The van der Waals surface area contributed by atoms with E-state index in [1.54, 1.807) is 18.6 Å². The second-order valence-electron chi connectivity index (χ2n) is 4.12. The summed E-state index contributed by atoms with van der Waals surface area (Å²) in [4.78, 5) is 8.30. The molecular weight excluding hydrogens is 224 g/mol. The summed E-state index contributed by atoms with van der Waals surface area (Å²) in [6.07, 6.45) is 5.25. The van der Waals surface area contributed by atoms with Gasteiger partial charge in [-0.2, -0.15) is 5.26 Å². The van der Waals surface area contributed by atoms with Crippen LogP contribution in [0.25, 0.3) is 0 Å². The SMILES string of the molecule is Cc1ccnc(NC(C)c2cccnc2)c1C#N. The minimum Gasteiger partial charge on any atom is -0.362 e. The van der Waals surface area contributed by atoms with E-state index in [1.807, 2.05) is 32.0 Å². The lowest BCUT2D eigenvalue weighted by Crippen LogP contribution is -2.10. The van der Waals surface area contributed by atoms with Crippen molar-refractivity contribution < 1.29 is 0 Å². The highest BCUT2D eigenvalue weighted by Crippen LogP contribution is 2.21. The maximum absolute atomic E-state index is 9.14. The number of aromatic nitrogens is 2. The summed E-state index contributed by atoms with van der Waals surface area (Å²) < 4.78 is 0. The van der Waals surface area contributed by atoms with Gasteiger partial charge in [0.1, 0.15) is 11.9 Å². The number of aryl methyl sites for hydroxylation is 1. The zero-order chi connectivity index (χ0) is 13.0. The van der Waals surface area contributed by atoms with Crippen molar-refractivity contribution in [1.29, 1.82) is 5.26 Å². The highest BCUT2D eigenvalue weighted by Gasteiger charge is 2.10. The molecule has 1 N–H and O–H groups in total. The number of hydrogen-bond acceptors (Lipinski definition) is 4. The predicted molar refractivity (Wildman–Crippen MR) is 70.0 cm³/mol. The van der Waals surface area contributed by atoms with Crippen LogP contribution in [0.1, 0.15) is 29.7 Å². The highest BCUT2D eigenvalue weighted by molar-refractivity contribution is 5.56. The third kappa shape index (κ3) is 2.46. The number of rotatable bonds is 3. The molecule has 0 bridgehead atoms. The van der Waals surface area contributed by atoms with Gasteiger partial charge in [-0.25, -0.2) is 4.98 Å². The van der Waals surface area contributed by atoms with Gasteiger partial charge in [0.15, 0.2) is 0 Å². The van der Waals surface area contributed by atoms with E-state index in [9.17, 15) is 0 Å². The monoisotopic (exact) mass is 238 g/mol. The second-order valence-corrected chi connectivity index (χ2v) is 4.12. The Bertz CT molecular complexity index is 572. The number of nitriles is 1. The molecule has 90 valence electrons. The van der Waals surface area contributed by atoms with E-state index in [0.717, 1.165) is 11.1 Å². The van der Waals surface area contributed by atoms with Crippen molar-refractivity contribution in [2.45, 2.75) is 19.9 Å². The molecule has 2 aromatic heterocycles. The molecule has 1 atom stereocenters. The van der Waals surface area contributed by atoms with Crippen LogP contribution < -0.4 is 5.32 Å². The molecule has 0 spiro atoms. The van der Waals surface area contributed by atoms with Gasteiger partial charge in [-0.05, 0) is 37.1 Å². The Morgan fingerprint density at radius 3 is 2.83 bits per heavy atom. The molecule has 0 saturated carbocycles. The Kier molecular flexibility index (Phi) is 3.54. The van der Waals surface area contributed by atoms with Crippen molar-refractivity contribution in [2.75, 3.05) is 5.32 Å². The molecule has 2 aromatic rings. The van der Waals surface area contributed by atoms with Gasteiger partial charge < -0.3 is 5.32 Å². The molecule has 2 heterocycles. The maximum Gasteiger partial charge on any atom is 0.144 e. The summed E-state index contributed by atoms with van der Waals surface area (Å²) in [5, 5.41) is 12.4. The molecule has 18 heavy (non-hydrogen) atoms. The Morgan fingerprint density at radius 1 is 1.33 bits per heavy atom. The maximum atomic E-state index is 9.14. The summed E-state index contributed by atoms with van der Waals surface area (Å²) in [6, 6.07) is 7.95. The van der Waals surface area contributed by atoms with Crippen molar-refractivity contribution in [3.8, 4) is 6.07 Å². The summed E-state index contributed by atoms with van der Waals surface area (Å²) in [7, 11) is 0. The standard InChI is InChI=1S/C14H14N4/c1-10-5-7-17-14(13(10)8-15)18-11(2)12-4-3-6-16-9-12/h3-7,9,11H,1-2H3,(H,17,18). The molecular formula is C14H14N4. The van der Waals surface area contributed by atoms with Crippen molar-refractivity contribution in [2.24, 2.45) is 0 Å². The molecule has 0 radical (unpaired) electrons. The molecule has 0 aromatic carbocycles. The quantitative estimate of drug-likeness (QED) is 0.893. The average Bonchev–Trinajstić information content (AvgIpc) is 2.40. The smallest absolute Gasteiger partial charge is 0.144 e. The highest BCUT2D eigenvalue weighted by atomic mass is 15.0. The fraction of sp³-hybridized carbons (Fsp3) is 0.214. The van der Waals surface area contributed by atoms with E-state index < -0.39 is 0 Å². The van der Waals surface area contributed by atoms with Crippen molar-refractivity contribution >= 4 is 5.82 Å². The minimum atomic E-state index is 0.0556. The van der Waals surface area contributed by atoms with Crippen molar-refractivity contribution in [1.82, 2.24) is 9.97 Å². The molecule has 0 aliphatic heterocycles. The van der Waals surface area contributed by atoms with E-state index in [1.165, 1.54) is 0 Å². The van der Waals surface area contributed by atoms with Crippen LogP contribution in [-0.2, 0) is 0 Å². The van der Waals surface area contributed by atoms with E-state index in [4.69, 9.17) is 5.26 Å². The van der Waals surface area contributed by atoms with Gasteiger partial charge in [-0.1, -0.05) is 6.07 Å². The van der Waals surface area contributed by atoms with Crippen LogP contribution in [0.2, 0.25) is 0 Å². The second kappa shape index (κ2) is 5.28. The Hall–Kier alpha value is -2.41. The van der Waals surface area contributed by atoms with Gasteiger partial charge in [-0.3, -0.25) is 4.98 Å². The average molecular weight is 238 g/mol. The number of hydrogen-bond donors (Lipinski definition) is 1. The van der Waals surface area contributed by atoms with Crippen molar-refractivity contribution in [3.63, 3.8) is 0 Å². The lowest BCUT2D eigenvalue weighted by Gasteiger charge is -2.15. The summed E-state index contributed by atoms with van der Waals surface area (Å²) in [6.45, 7) is 3.92. The Labute approximate surface area is 106 Å². The Morgan fingerprint density at radius 2 is 2.17 bits per heavy atom. The summed E-state index contributed by atoms with van der Waals surface area (Å²) in [5.41, 5.74) is 2.58. The normalized spacial score (nSPS) is 11.6. The fourth-order valence-electron chi connectivity index (χ4n) is 1.73. The number of nitrogens with one attached hydrogen (secondary N) is 1.